The molecule has 1 atom stereocenters. The molecule has 0 saturated heterocycles. The average Bonchev–Trinajstić information content (AvgIpc) is 2.76. The predicted octanol–water partition coefficient (Wildman–Crippen LogP) is 2.35. The van der Waals surface area contributed by atoms with Gasteiger partial charge >= 0.3 is 0 Å². The second-order valence-electron chi connectivity index (χ2n) is 4.41. The molecule has 2 aromatic rings. The van der Waals surface area contributed by atoms with Crippen LogP contribution in [0.15, 0.2) is 18.6 Å². The molecule has 0 spiro atoms. The van der Waals surface area contributed by atoms with Gasteiger partial charge in [0, 0.05) is 12.7 Å². The van der Waals surface area contributed by atoms with Gasteiger partial charge in [0.15, 0.2) is 0 Å². The Morgan fingerprint density at radius 2 is 2.11 bits per heavy atom. The predicted molar refractivity (Wildman–Crippen MR) is 75.2 cm³/mol. The van der Waals surface area contributed by atoms with Gasteiger partial charge in [0.2, 0.25) is 0 Å². The van der Waals surface area contributed by atoms with Crippen LogP contribution in [-0.4, -0.2) is 26.8 Å². The lowest BCUT2D eigenvalue weighted by molar-refractivity contribution is 0.528. The van der Waals surface area contributed by atoms with Gasteiger partial charge in [-0.3, -0.25) is 14.6 Å². The lowest BCUT2D eigenvalue weighted by Gasteiger charge is -2.17. The highest BCUT2D eigenvalue weighted by atomic mass is 35.5. The van der Waals surface area contributed by atoms with Crippen LogP contribution >= 0.6 is 11.6 Å². The number of hydrogen-bond acceptors (Lipinski definition) is 4. The summed E-state index contributed by atoms with van der Waals surface area (Å²) < 4.78 is 1.92. The molecule has 0 aliphatic rings. The van der Waals surface area contributed by atoms with Gasteiger partial charge in [-0.05, 0) is 20.4 Å². The summed E-state index contributed by atoms with van der Waals surface area (Å²) in [5.41, 5.74) is 2.67. The van der Waals surface area contributed by atoms with Crippen LogP contribution in [0.5, 0.6) is 0 Å². The minimum atomic E-state index is -0.102. The Hall–Kier alpha value is -1.46. The molecule has 0 fully saturated rings. The maximum Gasteiger partial charge on any atom is 0.0950 e. The summed E-state index contributed by atoms with van der Waals surface area (Å²) in [4.78, 5) is 8.71. The molecule has 2 aromatic heterocycles. The van der Waals surface area contributed by atoms with Crippen molar-refractivity contribution in [1.82, 2.24) is 25.1 Å². The van der Waals surface area contributed by atoms with E-state index in [9.17, 15) is 0 Å². The number of nitrogens with zero attached hydrogens (tertiary/aromatic N) is 4. The van der Waals surface area contributed by atoms with Gasteiger partial charge in [0.25, 0.3) is 0 Å². The van der Waals surface area contributed by atoms with Crippen molar-refractivity contribution in [1.29, 1.82) is 0 Å². The Balaban J connectivity index is 2.41. The highest BCUT2D eigenvalue weighted by molar-refractivity contribution is 6.31. The molecule has 2 heterocycles. The van der Waals surface area contributed by atoms with E-state index in [2.05, 4.69) is 27.3 Å². The van der Waals surface area contributed by atoms with Gasteiger partial charge in [-0.1, -0.05) is 18.5 Å². The van der Waals surface area contributed by atoms with Gasteiger partial charge in [-0.2, -0.15) is 5.10 Å². The van der Waals surface area contributed by atoms with Crippen LogP contribution in [0.4, 0.5) is 0 Å². The molecule has 1 unspecified atom stereocenters. The van der Waals surface area contributed by atoms with Crippen molar-refractivity contribution in [2.75, 3.05) is 7.05 Å². The first kappa shape index (κ1) is 14.0. The smallest absolute Gasteiger partial charge is 0.0950 e. The lowest BCUT2D eigenvalue weighted by Crippen LogP contribution is -2.23. The quantitative estimate of drug-likeness (QED) is 0.913. The van der Waals surface area contributed by atoms with E-state index in [4.69, 9.17) is 11.6 Å². The van der Waals surface area contributed by atoms with Crippen LogP contribution in [0.3, 0.4) is 0 Å². The van der Waals surface area contributed by atoms with Crippen LogP contribution in [0.2, 0.25) is 5.02 Å². The molecule has 0 bridgehead atoms. The molecule has 0 aromatic carbocycles. The van der Waals surface area contributed by atoms with Crippen molar-refractivity contribution < 1.29 is 0 Å². The van der Waals surface area contributed by atoms with E-state index < -0.39 is 0 Å². The maximum atomic E-state index is 6.26. The Labute approximate surface area is 118 Å². The molecular weight excluding hydrogens is 262 g/mol. The minimum absolute atomic E-state index is 0.102. The van der Waals surface area contributed by atoms with Crippen molar-refractivity contribution >= 4 is 11.6 Å². The summed E-state index contributed by atoms with van der Waals surface area (Å²) in [6, 6.07) is -0.102. The van der Waals surface area contributed by atoms with Crippen molar-refractivity contribution in [3.05, 3.63) is 40.7 Å². The fourth-order valence-corrected chi connectivity index (χ4v) is 2.28. The molecule has 0 amide bonds. The highest BCUT2D eigenvalue weighted by Crippen LogP contribution is 2.26. The number of aromatic nitrogens is 4. The SMILES string of the molecule is CCCn1ncc(Cl)c1C(NC)c1cnc(C)cn1. The second-order valence-corrected chi connectivity index (χ2v) is 4.81. The van der Waals surface area contributed by atoms with Crippen LogP contribution in [0.1, 0.15) is 36.5 Å². The third-order valence-corrected chi connectivity index (χ3v) is 3.22. The maximum absolute atomic E-state index is 6.26. The van der Waals surface area contributed by atoms with E-state index in [1.807, 2.05) is 18.7 Å². The Kier molecular flexibility index (Phi) is 4.50. The summed E-state index contributed by atoms with van der Waals surface area (Å²) in [5.74, 6) is 0. The molecule has 0 aliphatic carbocycles. The first-order valence-corrected chi connectivity index (χ1v) is 6.72. The Bertz CT molecular complexity index is 534. The molecule has 2 rings (SSSR count). The summed E-state index contributed by atoms with van der Waals surface area (Å²) >= 11 is 6.26. The van der Waals surface area contributed by atoms with Crippen molar-refractivity contribution in [3.8, 4) is 0 Å². The third-order valence-electron chi connectivity index (χ3n) is 2.93. The van der Waals surface area contributed by atoms with Gasteiger partial charge in [0.1, 0.15) is 0 Å². The van der Waals surface area contributed by atoms with E-state index in [1.165, 1.54) is 0 Å². The lowest BCUT2D eigenvalue weighted by atomic mass is 10.1. The van der Waals surface area contributed by atoms with Gasteiger partial charge in [-0.25, -0.2) is 0 Å². The zero-order valence-corrected chi connectivity index (χ0v) is 12.1. The normalized spacial score (nSPS) is 12.6. The molecular formula is C13H18ClN5. The number of halogens is 1. The summed E-state index contributed by atoms with van der Waals surface area (Å²) in [7, 11) is 1.88. The van der Waals surface area contributed by atoms with Crippen LogP contribution in [-0.2, 0) is 6.54 Å². The Morgan fingerprint density at radius 1 is 1.32 bits per heavy atom. The fourth-order valence-electron chi connectivity index (χ4n) is 2.03. The van der Waals surface area contributed by atoms with Crippen molar-refractivity contribution in [2.45, 2.75) is 32.9 Å². The van der Waals surface area contributed by atoms with Gasteiger partial charge in [-0.15, -0.1) is 0 Å². The highest BCUT2D eigenvalue weighted by Gasteiger charge is 2.21. The topological polar surface area (TPSA) is 55.6 Å². The van der Waals surface area contributed by atoms with E-state index in [0.29, 0.717) is 5.02 Å². The van der Waals surface area contributed by atoms with Crippen LogP contribution in [0.25, 0.3) is 0 Å². The summed E-state index contributed by atoms with van der Waals surface area (Å²) in [6.07, 6.45) is 6.21. The molecule has 6 heteroatoms. The zero-order valence-electron chi connectivity index (χ0n) is 11.4. The fraction of sp³-hybridized carbons (Fsp3) is 0.462. The molecule has 0 saturated carbocycles. The Morgan fingerprint density at radius 3 is 2.68 bits per heavy atom. The van der Waals surface area contributed by atoms with E-state index in [1.54, 1.807) is 18.6 Å². The van der Waals surface area contributed by atoms with Crippen molar-refractivity contribution in [2.24, 2.45) is 0 Å². The van der Waals surface area contributed by atoms with Gasteiger partial charge < -0.3 is 5.32 Å². The van der Waals surface area contributed by atoms with Crippen LogP contribution in [0, 0.1) is 6.92 Å². The number of aryl methyl sites for hydroxylation is 2. The monoisotopic (exact) mass is 279 g/mol. The number of nitrogens with one attached hydrogen (secondary N) is 1. The van der Waals surface area contributed by atoms with Crippen LogP contribution < -0.4 is 5.32 Å². The average molecular weight is 280 g/mol. The summed E-state index contributed by atoms with van der Waals surface area (Å²) in [5, 5.41) is 8.19. The standard InChI is InChI=1S/C13H18ClN5/c1-4-5-19-13(10(14)7-18-19)12(15-3)11-8-16-9(2)6-17-11/h6-8,12,15H,4-5H2,1-3H3. The molecule has 5 nitrogen and oxygen atoms in total. The minimum Gasteiger partial charge on any atom is -0.307 e. The first-order chi connectivity index (χ1) is 9.17. The zero-order chi connectivity index (χ0) is 13.8. The second kappa shape index (κ2) is 6.12. The number of hydrogen-bond donors (Lipinski definition) is 1. The molecule has 19 heavy (non-hydrogen) atoms. The molecule has 0 radical (unpaired) electrons. The largest absolute Gasteiger partial charge is 0.307 e. The molecule has 102 valence electrons. The molecule has 1 N–H and O–H groups in total. The van der Waals surface area contributed by atoms with Gasteiger partial charge in [0.05, 0.1) is 40.5 Å². The summed E-state index contributed by atoms with van der Waals surface area (Å²) in [6.45, 7) is 4.86. The van der Waals surface area contributed by atoms with E-state index >= 15 is 0 Å². The van der Waals surface area contributed by atoms with Crippen molar-refractivity contribution in [3.63, 3.8) is 0 Å². The van der Waals surface area contributed by atoms with E-state index in [-0.39, 0.29) is 6.04 Å². The number of rotatable bonds is 5. The first-order valence-electron chi connectivity index (χ1n) is 6.34. The molecule has 0 aliphatic heterocycles. The third kappa shape index (κ3) is 2.93. The van der Waals surface area contributed by atoms with E-state index in [0.717, 1.165) is 30.0 Å².